The minimum absolute atomic E-state index is 0. The Hall–Kier alpha value is -2.08. The van der Waals surface area contributed by atoms with Crippen molar-refractivity contribution < 1.29 is 25.7 Å². The molecule has 0 saturated carbocycles. The van der Waals surface area contributed by atoms with Gasteiger partial charge in [-0.1, -0.05) is 138 Å². The molecule has 3 aromatic rings. The van der Waals surface area contributed by atoms with E-state index in [1.165, 1.54) is 11.1 Å². The molecule has 4 nitrogen and oxygen atoms in total. The Morgan fingerprint density at radius 1 is 0.745 bits per heavy atom. The Bertz CT molecular complexity index is 1470. The van der Waals surface area contributed by atoms with Gasteiger partial charge in [0.15, 0.2) is 0 Å². The average molecular weight is 765 g/mol. The summed E-state index contributed by atoms with van der Waals surface area (Å²) in [6, 6.07) is 23.7. The molecule has 2 atom stereocenters. The Kier molecular flexibility index (Phi) is 19.3. The normalized spacial score (nSPS) is 14.0. The van der Waals surface area contributed by atoms with Crippen LogP contribution in [0.1, 0.15) is 125 Å². The summed E-state index contributed by atoms with van der Waals surface area (Å²) in [5.74, 6) is 0.429. The van der Waals surface area contributed by atoms with E-state index in [-0.39, 0.29) is 32.7 Å². The summed E-state index contributed by atoms with van der Waals surface area (Å²) in [6.07, 6.45) is 10.9. The fourth-order valence-electron chi connectivity index (χ4n) is 5.94. The topological polar surface area (TPSA) is 58.2 Å². The summed E-state index contributed by atoms with van der Waals surface area (Å²) >= 11 is 1.82. The van der Waals surface area contributed by atoms with E-state index in [4.69, 9.17) is 0 Å². The van der Waals surface area contributed by atoms with Crippen LogP contribution in [-0.4, -0.2) is 15.0 Å². The number of hydrogen-bond acceptors (Lipinski definition) is 3. The molecule has 0 aliphatic heterocycles. The molecule has 0 heterocycles. The molecule has 0 spiro atoms. The zero-order valence-electron chi connectivity index (χ0n) is 29.5. The van der Waals surface area contributed by atoms with E-state index in [0.29, 0.717) is 10.8 Å². The Morgan fingerprint density at radius 2 is 1.26 bits per heavy atom. The van der Waals surface area contributed by atoms with Crippen molar-refractivity contribution in [3.63, 3.8) is 0 Å². The molecule has 0 amide bonds. The monoisotopic (exact) mass is 765 g/mol. The van der Waals surface area contributed by atoms with Crippen molar-refractivity contribution in [1.82, 2.24) is 10.0 Å². The van der Waals surface area contributed by atoms with Gasteiger partial charge < -0.3 is 20.2 Å². The van der Waals surface area contributed by atoms with Crippen molar-refractivity contribution in [1.29, 1.82) is 0 Å². The van der Waals surface area contributed by atoms with E-state index >= 15 is 0 Å². The van der Waals surface area contributed by atoms with E-state index in [2.05, 4.69) is 104 Å². The fourth-order valence-corrected chi connectivity index (χ4v) is 7.87. The molecular weight excluding hydrogens is 709 g/mol. The number of halogens is 1. The number of sulfonamides is 1. The predicted octanol–water partition coefficient (Wildman–Crippen LogP) is 11.1. The van der Waals surface area contributed by atoms with E-state index in [1.54, 1.807) is 0 Å². The van der Waals surface area contributed by atoms with E-state index in [0.717, 1.165) is 54.5 Å². The molecule has 258 valence electrons. The zero-order valence-corrected chi connectivity index (χ0v) is 32.8. The molecule has 1 aliphatic carbocycles. The first-order chi connectivity index (χ1) is 21.6. The van der Waals surface area contributed by atoms with Crippen LogP contribution in [0.2, 0.25) is 0 Å². The third-order valence-corrected chi connectivity index (χ3v) is 9.99. The molecule has 7 heteroatoms. The SMILES string of the molecule is CC(C)c1cc(C(C)C)c(S(=O)(=O)NC(c2ccccc2)C(NCCCC2=CC=CCC2)c2ccccc2)c(C(C)C)c1.[CH3-].[CH3-].[Cl][Ru+3]. The van der Waals surface area contributed by atoms with Crippen LogP contribution in [0.4, 0.5) is 0 Å². The van der Waals surface area contributed by atoms with Gasteiger partial charge in [-0.3, -0.25) is 0 Å². The number of nitrogens with one attached hydrogen (secondary N) is 2. The van der Waals surface area contributed by atoms with Crippen LogP contribution in [-0.2, 0) is 27.3 Å². The first-order valence-electron chi connectivity index (χ1n) is 16.1. The van der Waals surface area contributed by atoms with Crippen LogP contribution >= 0.6 is 9.69 Å². The van der Waals surface area contributed by atoms with Crippen molar-refractivity contribution in [3.05, 3.63) is 139 Å². The minimum atomic E-state index is -3.91. The second kappa shape index (κ2) is 21.1. The molecule has 0 radical (unpaired) electrons. The Morgan fingerprint density at radius 3 is 1.70 bits per heavy atom. The van der Waals surface area contributed by atoms with Gasteiger partial charge in [-0.2, -0.15) is 0 Å². The molecule has 1 aliphatic rings. The average Bonchev–Trinajstić information content (AvgIpc) is 3.05. The molecule has 0 saturated heterocycles. The van der Waals surface area contributed by atoms with Crippen molar-refractivity contribution in [3.8, 4) is 0 Å². The maximum atomic E-state index is 14.7. The summed E-state index contributed by atoms with van der Waals surface area (Å²) in [6.45, 7) is 13.5. The van der Waals surface area contributed by atoms with Gasteiger partial charge in [-0.25, -0.2) is 13.1 Å². The molecule has 4 rings (SSSR count). The second-order valence-electron chi connectivity index (χ2n) is 12.7. The predicted molar refractivity (Wildman–Crippen MR) is 200 cm³/mol. The molecule has 47 heavy (non-hydrogen) atoms. The van der Waals surface area contributed by atoms with Gasteiger partial charge >= 0.3 is 27.0 Å². The first kappa shape index (κ1) is 42.9. The van der Waals surface area contributed by atoms with Gasteiger partial charge in [0.05, 0.1) is 17.0 Å². The Labute approximate surface area is 301 Å². The van der Waals surface area contributed by atoms with Gasteiger partial charge in [0, 0.05) is 0 Å². The third-order valence-electron chi connectivity index (χ3n) is 8.42. The number of hydrogen-bond donors (Lipinski definition) is 2. The molecule has 2 unspecified atom stereocenters. The summed E-state index contributed by atoms with van der Waals surface area (Å²) in [5, 5.41) is 3.77. The van der Waals surface area contributed by atoms with Crippen LogP contribution in [0.25, 0.3) is 0 Å². The van der Waals surface area contributed by atoms with E-state index in [9.17, 15) is 8.42 Å². The number of rotatable bonds is 14. The molecule has 0 bridgehead atoms. The maximum absolute atomic E-state index is 14.7. The molecule has 0 fully saturated rings. The van der Waals surface area contributed by atoms with E-state index in [1.807, 2.05) is 65.8 Å². The van der Waals surface area contributed by atoms with Crippen LogP contribution in [0.5, 0.6) is 0 Å². The van der Waals surface area contributed by atoms with Crippen LogP contribution in [0, 0.1) is 14.9 Å². The first-order valence-corrected chi connectivity index (χ1v) is 19.8. The van der Waals surface area contributed by atoms with Gasteiger partial charge in [-0.05, 0) is 77.8 Å². The van der Waals surface area contributed by atoms with Gasteiger partial charge in [0.2, 0.25) is 10.0 Å². The summed E-state index contributed by atoms with van der Waals surface area (Å²) < 4.78 is 32.6. The van der Waals surface area contributed by atoms with Crippen molar-refractivity contribution in [2.75, 3.05) is 6.54 Å². The molecule has 0 aromatic heterocycles. The van der Waals surface area contributed by atoms with Gasteiger partial charge in [0.1, 0.15) is 0 Å². The number of allylic oxidation sites excluding steroid dienone is 4. The van der Waals surface area contributed by atoms with Crippen molar-refractivity contribution >= 4 is 19.7 Å². The van der Waals surface area contributed by atoms with Crippen LogP contribution < -0.4 is 10.0 Å². The Balaban J connectivity index is 0.00000271. The van der Waals surface area contributed by atoms with E-state index < -0.39 is 16.1 Å². The summed E-state index contributed by atoms with van der Waals surface area (Å²) in [4.78, 5) is 0.437. The molecule has 3 aromatic carbocycles. The second-order valence-corrected chi connectivity index (χ2v) is 14.4. The molecule has 2 N–H and O–H groups in total. The van der Waals surface area contributed by atoms with Gasteiger partial charge in [0.25, 0.3) is 0 Å². The van der Waals surface area contributed by atoms with Gasteiger partial charge in [-0.15, -0.1) is 0 Å². The van der Waals surface area contributed by atoms with Crippen LogP contribution in [0.15, 0.2) is 101 Å². The summed E-state index contributed by atoms with van der Waals surface area (Å²) in [7, 11) is 0.660. The zero-order chi connectivity index (χ0) is 33.0. The fraction of sp³-hybridized carbons (Fsp3) is 0.400. The number of benzene rings is 3. The van der Waals surface area contributed by atoms with Crippen molar-refractivity contribution in [2.45, 2.75) is 102 Å². The van der Waals surface area contributed by atoms with Crippen LogP contribution in [0.3, 0.4) is 0 Å². The van der Waals surface area contributed by atoms with Crippen molar-refractivity contribution in [2.24, 2.45) is 0 Å². The standard InChI is InChI=1S/C38H50N2O2S.2CH3.ClH.Ru/c1-27(2)33-25-34(28(3)4)38(35(26-33)29(5)6)43(41,42)40-37(32-22-14-9-15-23-32)36(31-20-12-8-13-21-31)39-24-16-19-30-17-10-7-11-18-30;;;;/h7-10,12-15,17,20-23,25-29,36-37,39-40H,11,16,18-19,24H2,1-6H3;2*1H3;1H;/q;2*-1;;+4/p-1. The summed E-state index contributed by atoms with van der Waals surface area (Å²) in [5.41, 5.74) is 6.42. The molecular formula is C40H56ClN2O2RuS+. The third kappa shape index (κ3) is 12.1. The quantitative estimate of drug-likeness (QED) is 0.0976.